The van der Waals surface area contributed by atoms with Crippen LogP contribution >= 0.6 is 0 Å². The van der Waals surface area contributed by atoms with E-state index in [1.807, 2.05) is 0 Å². The minimum Gasteiger partial charge on any atom is -0.490 e. The molecule has 8 nitrogen and oxygen atoms in total. The van der Waals surface area contributed by atoms with Crippen molar-refractivity contribution in [3.63, 3.8) is 0 Å². The van der Waals surface area contributed by atoms with Gasteiger partial charge in [0, 0.05) is 18.2 Å². The molecule has 0 unspecified atom stereocenters. The summed E-state index contributed by atoms with van der Waals surface area (Å²) in [5, 5.41) is 2.25. The smallest absolute Gasteiger partial charge is 0.324 e. The van der Waals surface area contributed by atoms with Crippen LogP contribution in [-0.2, 0) is 14.8 Å². The van der Waals surface area contributed by atoms with Gasteiger partial charge < -0.3 is 9.64 Å². The van der Waals surface area contributed by atoms with Crippen molar-refractivity contribution in [2.45, 2.75) is 61.8 Å². The van der Waals surface area contributed by atoms with Crippen molar-refractivity contribution in [2.75, 3.05) is 19.7 Å². The van der Waals surface area contributed by atoms with Crippen molar-refractivity contribution in [2.24, 2.45) is 5.92 Å². The highest BCUT2D eigenvalue weighted by atomic mass is 32.2. The van der Waals surface area contributed by atoms with Gasteiger partial charge in [-0.1, -0.05) is 12.8 Å². The van der Waals surface area contributed by atoms with Crippen molar-refractivity contribution < 1.29 is 27.1 Å². The van der Waals surface area contributed by atoms with Gasteiger partial charge in [-0.3, -0.25) is 10.1 Å². The van der Waals surface area contributed by atoms with E-state index >= 15 is 0 Å². The quantitative estimate of drug-likeness (QED) is 0.374. The Bertz CT molecular complexity index is 960. The van der Waals surface area contributed by atoms with Crippen LogP contribution in [0.15, 0.2) is 23.1 Å². The van der Waals surface area contributed by atoms with E-state index < -0.39 is 21.4 Å². The number of urea groups is 1. The van der Waals surface area contributed by atoms with Gasteiger partial charge in [-0.05, 0) is 56.6 Å². The molecule has 3 aliphatic rings. The molecular weight excluding hydrogens is 425 g/mol. The lowest BCUT2D eigenvalue weighted by molar-refractivity contribution is -0.118. The molecule has 0 atom stereocenters. The molecule has 0 aromatic heterocycles. The topological polar surface area (TPSA) is 105 Å². The average Bonchev–Trinajstić information content (AvgIpc) is 3.63. The first-order valence-corrected chi connectivity index (χ1v) is 12.3. The molecule has 170 valence electrons. The highest BCUT2D eigenvalue weighted by molar-refractivity contribution is 7.89. The fourth-order valence-electron chi connectivity index (χ4n) is 3.76. The second-order valence-electron chi connectivity index (χ2n) is 8.82. The maximum Gasteiger partial charge on any atom is 0.324 e. The molecule has 1 saturated heterocycles. The van der Waals surface area contributed by atoms with E-state index in [1.165, 1.54) is 17.0 Å². The Morgan fingerprint density at radius 1 is 1.19 bits per heavy atom. The zero-order valence-electron chi connectivity index (χ0n) is 17.4. The fraction of sp³-hybridized carbons (Fsp3) is 0.619. The zero-order chi connectivity index (χ0) is 22.1. The molecule has 3 amide bonds. The molecule has 31 heavy (non-hydrogen) atoms. The van der Waals surface area contributed by atoms with Gasteiger partial charge in [0.25, 0.3) is 0 Å². The Hall–Kier alpha value is -2.20. The first-order valence-electron chi connectivity index (χ1n) is 10.8. The normalized spacial score (nSPS) is 20.1. The number of amides is 3. The second-order valence-corrected chi connectivity index (χ2v) is 10.5. The number of ether oxygens (including phenoxy) is 1. The molecule has 2 aliphatic carbocycles. The van der Waals surface area contributed by atoms with Gasteiger partial charge >= 0.3 is 6.03 Å². The lowest BCUT2D eigenvalue weighted by Gasteiger charge is -2.18. The molecule has 2 saturated carbocycles. The first kappa shape index (κ1) is 22.0. The van der Waals surface area contributed by atoms with Crippen molar-refractivity contribution in [1.82, 2.24) is 14.9 Å². The Morgan fingerprint density at radius 2 is 1.97 bits per heavy atom. The minimum absolute atomic E-state index is 0.00989. The standard InChI is InChI=1S/C21H28FN3O5S/c22-17-7-6-16(12-18(17)30-14-15-4-5-15)31(28,29)24-21(9-10-21)8-2-1-3-11-25-13-19(26)23-20(25)27/h6-7,12,15,24H,1-5,8-11,13-14H2,(H,23,26,27). The molecule has 2 N–H and O–H groups in total. The van der Waals surface area contributed by atoms with E-state index in [2.05, 4.69) is 10.0 Å². The Labute approximate surface area is 181 Å². The number of nitrogens with zero attached hydrogens (tertiary/aromatic N) is 1. The number of hydrogen-bond donors (Lipinski definition) is 2. The number of unbranched alkanes of at least 4 members (excludes halogenated alkanes) is 2. The van der Waals surface area contributed by atoms with Gasteiger partial charge in [0.2, 0.25) is 15.9 Å². The number of carbonyl (C=O) groups is 2. The van der Waals surface area contributed by atoms with Gasteiger partial charge in [-0.15, -0.1) is 0 Å². The van der Waals surface area contributed by atoms with Crippen LogP contribution in [0.2, 0.25) is 0 Å². The maximum absolute atomic E-state index is 14.0. The van der Waals surface area contributed by atoms with E-state index in [9.17, 15) is 22.4 Å². The lowest BCUT2D eigenvalue weighted by atomic mass is 10.1. The Balaban J connectivity index is 1.26. The summed E-state index contributed by atoms with van der Waals surface area (Å²) in [6.45, 7) is 1.02. The summed E-state index contributed by atoms with van der Waals surface area (Å²) in [6, 6.07) is 3.31. The maximum atomic E-state index is 14.0. The first-order chi connectivity index (χ1) is 14.8. The summed E-state index contributed by atoms with van der Waals surface area (Å²) in [5.41, 5.74) is -0.455. The van der Waals surface area contributed by atoms with Gasteiger partial charge in [0.1, 0.15) is 6.54 Å². The van der Waals surface area contributed by atoms with Gasteiger partial charge in [-0.2, -0.15) is 0 Å². The molecular formula is C21H28FN3O5S. The van der Waals surface area contributed by atoms with E-state index in [0.717, 1.165) is 51.0 Å². The predicted molar refractivity (Wildman–Crippen MR) is 110 cm³/mol. The highest BCUT2D eigenvalue weighted by Crippen LogP contribution is 2.41. The fourth-order valence-corrected chi connectivity index (χ4v) is 5.26. The van der Waals surface area contributed by atoms with Crippen molar-refractivity contribution >= 4 is 22.0 Å². The molecule has 4 rings (SSSR count). The van der Waals surface area contributed by atoms with E-state index in [1.54, 1.807) is 0 Å². The van der Waals surface area contributed by atoms with Gasteiger partial charge in [0.05, 0.1) is 11.5 Å². The SMILES string of the molecule is O=C1CN(CCCCCC2(NS(=O)(=O)c3ccc(F)c(OCC4CC4)c3)CC2)C(=O)N1. The molecule has 1 aliphatic heterocycles. The number of nitrogens with one attached hydrogen (secondary N) is 2. The van der Waals surface area contributed by atoms with E-state index in [-0.39, 0.29) is 29.1 Å². The summed E-state index contributed by atoms with van der Waals surface area (Å²) in [6.07, 6.45) is 6.75. The third kappa shape index (κ3) is 5.74. The minimum atomic E-state index is -3.78. The van der Waals surface area contributed by atoms with Gasteiger partial charge in [0.15, 0.2) is 11.6 Å². The number of halogens is 1. The molecule has 0 radical (unpaired) electrons. The third-order valence-corrected chi connectivity index (χ3v) is 7.62. The highest BCUT2D eigenvalue weighted by Gasteiger charge is 2.45. The van der Waals surface area contributed by atoms with Gasteiger partial charge in [-0.25, -0.2) is 22.3 Å². The summed E-state index contributed by atoms with van der Waals surface area (Å²) in [7, 11) is -3.78. The molecule has 1 aromatic carbocycles. The number of benzene rings is 1. The van der Waals surface area contributed by atoms with Crippen LogP contribution in [0.4, 0.5) is 9.18 Å². The molecule has 0 bridgehead atoms. The Kier molecular flexibility index (Phi) is 6.20. The van der Waals surface area contributed by atoms with Crippen LogP contribution in [0.1, 0.15) is 51.4 Å². The number of rotatable bonds is 12. The largest absolute Gasteiger partial charge is 0.490 e. The van der Waals surface area contributed by atoms with Crippen LogP contribution < -0.4 is 14.8 Å². The van der Waals surface area contributed by atoms with Crippen LogP contribution in [0.3, 0.4) is 0 Å². The number of imide groups is 1. The van der Waals surface area contributed by atoms with Crippen LogP contribution in [0, 0.1) is 11.7 Å². The van der Waals surface area contributed by atoms with E-state index in [4.69, 9.17) is 4.74 Å². The number of sulfonamides is 1. The molecule has 0 spiro atoms. The van der Waals surface area contributed by atoms with E-state index in [0.29, 0.717) is 25.5 Å². The Morgan fingerprint density at radius 3 is 2.61 bits per heavy atom. The summed E-state index contributed by atoms with van der Waals surface area (Å²) < 4.78 is 48.0. The molecule has 3 fully saturated rings. The van der Waals surface area contributed by atoms with Crippen molar-refractivity contribution in [3.8, 4) is 5.75 Å². The van der Waals surface area contributed by atoms with Crippen LogP contribution in [-0.4, -0.2) is 50.5 Å². The van der Waals surface area contributed by atoms with Crippen molar-refractivity contribution in [1.29, 1.82) is 0 Å². The summed E-state index contributed by atoms with van der Waals surface area (Å²) >= 11 is 0. The summed E-state index contributed by atoms with van der Waals surface area (Å²) in [5.74, 6) is -0.427. The average molecular weight is 454 g/mol. The van der Waals surface area contributed by atoms with Crippen LogP contribution in [0.5, 0.6) is 5.75 Å². The monoisotopic (exact) mass is 453 g/mol. The zero-order valence-corrected chi connectivity index (χ0v) is 18.2. The molecule has 10 heteroatoms. The summed E-state index contributed by atoms with van der Waals surface area (Å²) in [4.78, 5) is 24.2. The molecule has 1 heterocycles. The second kappa shape index (κ2) is 8.74. The lowest BCUT2D eigenvalue weighted by Crippen LogP contribution is -2.36. The number of carbonyl (C=O) groups excluding carboxylic acids is 2. The third-order valence-electron chi connectivity index (χ3n) is 6.04. The number of hydrogen-bond acceptors (Lipinski definition) is 5. The molecule has 1 aromatic rings. The van der Waals surface area contributed by atoms with Crippen LogP contribution in [0.25, 0.3) is 0 Å². The predicted octanol–water partition coefficient (Wildman–Crippen LogP) is 2.54. The van der Waals surface area contributed by atoms with Crippen molar-refractivity contribution in [3.05, 3.63) is 24.0 Å².